The van der Waals surface area contributed by atoms with Crippen LogP contribution in [0.5, 0.6) is 0 Å². The van der Waals surface area contributed by atoms with Crippen molar-refractivity contribution >= 4 is 34.3 Å². The Bertz CT molecular complexity index is 1050. The molecule has 0 fully saturated rings. The van der Waals surface area contributed by atoms with E-state index in [-0.39, 0.29) is 16.8 Å². The van der Waals surface area contributed by atoms with E-state index in [9.17, 15) is 4.79 Å². The Hall–Kier alpha value is -3.45. The van der Waals surface area contributed by atoms with E-state index in [2.05, 4.69) is 15.6 Å². The maximum Gasteiger partial charge on any atom is 0.293 e. The molecule has 0 aliphatic carbocycles. The minimum absolute atomic E-state index is 0.210. The number of fused-ring (bicyclic) bond motifs is 1. The van der Waals surface area contributed by atoms with E-state index in [1.807, 2.05) is 48.5 Å². The molecule has 0 saturated carbocycles. The van der Waals surface area contributed by atoms with Crippen LogP contribution >= 0.6 is 12.2 Å². The average Bonchev–Trinajstić information content (AvgIpc) is 3.36. The van der Waals surface area contributed by atoms with E-state index in [0.29, 0.717) is 12.4 Å². The number of carbonyl (C=O) groups excluding carboxylic acids is 1. The summed E-state index contributed by atoms with van der Waals surface area (Å²) in [5.74, 6) is 0.405. The van der Waals surface area contributed by atoms with Gasteiger partial charge in [0.05, 0.1) is 6.26 Å². The van der Waals surface area contributed by atoms with Crippen LogP contribution in [0.2, 0.25) is 0 Å². The lowest BCUT2D eigenvalue weighted by Gasteiger charge is -2.08. The third-order valence-corrected chi connectivity index (χ3v) is 4.17. The first-order valence-corrected chi connectivity index (χ1v) is 8.67. The molecule has 0 aliphatic rings. The van der Waals surface area contributed by atoms with Gasteiger partial charge in [-0.15, -0.1) is 0 Å². The number of para-hydroxylation sites is 2. The average molecular weight is 377 g/mol. The smallest absolute Gasteiger partial charge is 0.293 e. The van der Waals surface area contributed by atoms with Gasteiger partial charge in [-0.3, -0.25) is 10.1 Å². The first-order chi connectivity index (χ1) is 13.2. The van der Waals surface area contributed by atoms with Gasteiger partial charge in [-0.25, -0.2) is 4.98 Å². The van der Waals surface area contributed by atoms with Crippen molar-refractivity contribution < 1.29 is 13.6 Å². The molecule has 134 valence electrons. The minimum Gasteiger partial charge on any atom is -0.459 e. The van der Waals surface area contributed by atoms with Crippen molar-refractivity contribution in [2.24, 2.45) is 0 Å². The molecule has 6 nitrogen and oxygen atoms in total. The molecule has 1 amide bonds. The first kappa shape index (κ1) is 17.0. The number of hydrogen-bond donors (Lipinski definition) is 2. The maximum absolute atomic E-state index is 11.9. The number of carbonyl (C=O) groups is 1. The van der Waals surface area contributed by atoms with E-state index in [0.717, 1.165) is 22.2 Å². The number of furan rings is 1. The van der Waals surface area contributed by atoms with Gasteiger partial charge in [0.2, 0.25) is 5.89 Å². The highest BCUT2D eigenvalue weighted by Crippen LogP contribution is 2.24. The van der Waals surface area contributed by atoms with Crippen LogP contribution in [-0.4, -0.2) is 16.0 Å². The Morgan fingerprint density at radius 3 is 2.59 bits per heavy atom. The minimum atomic E-state index is -0.385. The molecule has 0 unspecified atom stereocenters. The Morgan fingerprint density at radius 1 is 1.04 bits per heavy atom. The quantitative estimate of drug-likeness (QED) is 0.525. The summed E-state index contributed by atoms with van der Waals surface area (Å²) >= 11 is 5.13. The summed E-state index contributed by atoms with van der Waals surface area (Å²) in [6.45, 7) is 0.477. The molecular weight excluding hydrogens is 362 g/mol. The third kappa shape index (κ3) is 3.88. The number of amides is 1. The second-order valence-electron chi connectivity index (χ2n) is 5.80. The van der Waals surface area contributed by atoms with Gasteiger partial charge in [-0.2, -0.15) is 0 Å². The van der Waals surface area contributed by atoms with Crippen molar-refractivity contribution in [3.05, 3.63) is 78.3 Å². The third-order valence-electron chi connectivity index (χ3n) is 3.92. The zero-order valence-electron chi connectivity index (χ0n) is 14.1. The summed E-state index contributed by atoms with van der Waals surface area (Å²) in [5, 5.41) is 5.79. The van der Waals surface area contributed by atoms with Crippen molar-refractivity contribution in [1.82, 2.24) is 15.6 Å². The Balaban J connectivity index is 1.36. The summed E-state index contributed by atoms with van der Waals surface area (Å²) in [7, 11) is 0. The first-order valence-electron chi connectivity index (χ1n) is 8.26. The van der Waals surface area contributed by atoms with E-state index >= 15 is 0 Å². The zero-order chi connectivity index (χ0) is 18.6. The lowest BCUT2D eigenvalue weighted by Crippen LogP contribution is -2.38. The summed E-state index contributed by atoms with van der Waals surface area (Å²) in [5.41, 5.74) is 3.49. The maximum atomic E-state index is 11.9. The molecule has 0 radical (unpaired) electrons. The Morgan fingerprint density at radius 2 is 1.85 bits per heavy atom. The number of nitrogens with one attached hydrogen (secondary N) is 2. The SMILES string of the molecule is O=C(NC(=S)NCc1ccc(-c2nc3ccccc3o2)cc1)c1ccco1. The fourth-order valence-electron chi connectivity index (χ4n) is 2.56. The molecule has 2 aromatic heterocycles. The van der Waals surface area contributed by atoms with Gasteiger partial charge in [0.1, 0.15) is 5.52 Å². The summed E-state index contributed by atoms with van der Waals surface area (Å²) in [4.78, 5) is 16.3. The summed E-state index contributed by atoms with van der Waals surface area (Å²) in [6.07, 6.45) is 1.43. The van der Waals surface area contributed by atoms with Gasteiger partial charge < -0.3 is 14.2 Å². The molecule has 27 heavy (non-hydrogen) atoms. The molecule has 0 aliphatic heterocycles. The van der Waals surface area contributed by atoms with Gasteiger partial charge in [-0.05, 0) is 54.2 Å². The molecule has 4 aromatic rings. The Labute approximate surface area is 160 Å². The lowest BCUT2D eigenvalue weighted by molar-refractivity contribution is 0.0949. The largest absolute Gasteiger partial charge is 0.459 e. The fourth-order valence-corrected chi connectivity index (χ4v) is 2.72. The van der Waals surface area contributed by atoms with E-state index in [1.165, 1.54) is 6.26 Å². The standard InChI is InChI=1S/C20H15N3O3S/c24-18(17-6-3-11-25-17)23-20(27)21-12-13-7-9-14(10-8-13)19-22-15-4-1-2-5-16(15)26-19/h1-11H,12H2,(H2,21,23,24,27). The second kappa shape index (κ2) is 7.43. The highest BCUT2D eigenvalue weighted by Gasteiger charge is 2.10. The number of thiocarbonyl (C=S) groups is 1. The van der Waals surface area contributed by atoms with E-state index in [1.54, 1.807) is 12.1 Å². The van der Waals surface area contributed by atoms with Crippen molar-refractivity contribution in [1.29, 1.82) is 0 Å². The molecule has 2 aromatic carbocycles. The molecule has 0 atom stereocenters. The molecule has 0 bridgehead atoms. The van der Waals surface area contributed by atoms with Crippen LogP contribution in [0.4, 0.5) is 0 Å². The van der Waals surface area contributed by atoms with Crippen molar-refractivity contribution in [3.8, 4) is 11.5 Å². The predicted octanol–water partition coefficient (Wildman–Crippen LogP) is 3.89. The summed E-state index contributed by atoms with van der Waals surface area (Å²) < 4.78 is 10.8. The molecule has 0 saturated heterocycles. The van der Waals surface area contributed by atoms with Crippen molar-refractivity contribution in [3.63, 3.8) is 0 Å². The molecule has 2 N–H and O–H groups in total. The van der Waals surface area contributed by atoms with Crippen molar-refractivity contribution in [2.75, 3.05) is 0 Å². The number of aromatic nitrogens is 1. The number of benzene rings is 2. The molecule has 0 spiro atoms. The van der Waals surface area contributed by atoms with Crippen LogP contribution in [0, 0.1) is 0 Å². The molecule has 2 heterocycles. The molecule has 7 heteroatoms. The number of oxazole rings is 1. The topological polar surface area (TPSA) is 80.3 Å². The lowest BCUT2D eigenvalue weighted by atomic mass is 10.1. The second-order valence-corrected chi connectivity index (χ2v) is 6.21. The van der Waals surface area contributed by atoms with Crippen LogP contribution in [0.1, 0.15) is 16.1 Å². The van der Waals surface area contributed by atoms with Crippen molar-refractivity contribution in [2.45, 2.75) is 6.54 Å². The summed E-state index contributed by atoms with van der Waals surface area (Å²) in [6, 6.07) is 18.6. The van der Waals surface area contributed by atoms with E-state index < -0.39 is 0 Å². The van der Waals surface area contributed by atoms with Gasteiger partial charge in [0.15, 0.2) is 16.5 Å². The molecule has 4 rings (SSSR count). The Kier molecular flexibility index (Phi) is 4.67. The van der Waals surface area contributed by atoms with Crippen LogP contribution in [0.3, 0.4) is 0 Å². The normalized spacial score (nSPS) is 10.7. The van der Waals surface area contributed by atoms with Crippen LogP contribution in [-0.2, 0) is 6.54 Å². The predicted molar refractivity (Wildman–Crippen MR) is 105 cm³/mol. The van der Waals surface area contributed by atoms with Gasteiger partial charge in [-0.1, -0.05) is 24.3 Å². The number of nitrogens with zero attached hydrogens (tertiary/aromatic N) is 1. The monoisotopic (exact) mass is 377 g/mol. The van der Waals surface area contributed by atoms with Gasteiger partial charge in [0.25, 0.3) is 5.91 Å². The van der Waals surface area contributed by atoms with E-state index in [4.69, 9.17) is 21.1 Å². The highest BCUT2D eigenvalue weighted by atomic mass is 32.1. The van der Waals surface area contributed by atoms with Crippen LogP contribution in [0.25, 0.3) is 22.6 Å². The van der Waals surface area contributed by atoms with Gasteiger partial charge in [0, 0.05) is 12.1 Å². The van der Waals surface area contributed by atoms with Crippen LogP contribution in [0.15, 0.2) is 75.8 Å². The zero-order valence-corrected chi connectivity index (χ0v) is 15.0. The highest BCUT2D eigenvalue weighted by molar-refractivity contribution is 7.80. The van der Waals surface area contributed by atoms with Gasteiger partial charge >= 0.3 is 0 Å². The molecular formula is C20H15N3O3S. The fraction of sp³-hybridized carbons (Fsp3) is 0.0500. The van der Waals surface area contributed by atoms with Crippen LogP contribution < -0.4 is 10.6 Å². The number of hydrogen-bond acceptors (Lipinski definition) is 5. The number of rotatable bonds is 4.